The van der Waals surface area contributed by atoms with Crippen molar-refractivity contribution in [1.82, 2.24) is 19.8 Å². The lowest BCUT2D eigenvalue weighted by Crippen LogP contribution is -2.48. The van der Waals surface area contributed by atoms with Crippen molar-refractivity contribution >= 4 is 18.1 Å². The van der Waals surface area contributed by atoms with Gasteiger partial charge in [-0.05, 0) is 0 Å². The number of nitrogens with zero attached hydrogens (tertiary/aromatic N) is 5. The van der Waals surface area contributed by atoms with Crippen LogP contribution in [0.4, 0.5) is 5.82 Å². The van der Waals surface area contributed by atoms with Gasteiger partial charge in [0.25, 0.3) is 5.91 Å². The Balaban J connectivity index is 1.40. The maximum absolute atomic E-state index is 12.7. The molecule has 0 bridgehead atoms. The zero-order valence-electron chi connectivity index (χ0n) is 14.7. The summed E-state index contributed by atoms with van der Waals surface area (Å²) in [5.41, 5.74) is 0.392. The highest BCUT2D eigenvalue weighted by Crippen LogP contribution is 2.32. The van der Waals surface area contributed by atoms with Crippen LogP contribution in [0.5, 0.6) is 0 Å². The predicted octanol–water partition coefficient (Wildman–Crippen LogP) is -0.266. The highest BCUT2D eigenvalue weighted by Gasteiger charge is 2.40. The molecular weight excluding hydrogens is 338 g/mol. The van der Waals surface area contributed by atoms with Gasteiger partial charge in [-0.15, -0.1) is 0 Å². The van der Waals surface area contributed by atoms with E-state index in [1.54, 1.807) is 15.9 Å². The van der Waals surface area contributed by atoms with Gasteiger partial charge < -0.3 is 24.2 Å². The van der Waals surface area contributed by atoms with E-state index in [0.717, 1.165) is 38.2 Å². The molecule has 3 saturated heterocycles. The van der Waals surface area contributed by atoms with Crippen molar-refractivity contribution in [3.05, 3.63) is 18.1 Å². The first-order chi connectivity index (χ1) is 12.7. The van der Waals surface area contributed by atoms with E-state index in [1.165, 1.54) is 6.33 Å². The molecule has 140 valence electrons. The average Bonchev–Trinajstić information content (AvgIpc) is 3.16. The molecule has 1 aromatic heterocycles. The molecule has 0 aliphatic carbocycles. The van der Waals surface area contributed by atoms with Crippen molar-refractivity contribution in [2.24, 2.45) is 0 Å². The van der Waals surface area contributed by atoms with E-state index in [0.29, 0.717) is 45.1 Å². The standard InChI is InChI=1S/C17H23N5O4/c23-13-20-5-7-22(8-6-20)16(24)14-11-15(19-12-18-14)21-3-1-17(2-4-21)25-9-10-26-17/h11-13H,1-10H2. The minimum atomic E-state index is -0.430. The Labute approximate surface area is 151 Å². The number of aromatic nitrogens is 2. The van der Waals surface area contributed by atoms with Gasteiger partial charge in [0.15, 0.2) is 5.79 Å². The van der Waals surface area contributed by atoms with E-state index >= 15 is 0 Å². The molecule has 1 spiro atoms. The molecule has 9 nitrogen and oxygen atoms in total. The Kier molecular flexibility index (Phi) is 4.73. The molecule has 3 fully saturated rings. The van der Waals surface area contributed by atoms with Crippen molar-refractivity contribution in [2.45, 2.75) is 18.6 Å². The van der Waals surface area contributed by atoms with Crippen LogP contribution in [0.3, 0.4) is 0 Å². The Bertz CT molecular complexity index is 661. The number of hydrogen-bond donors (Lipinski definition) is 0. The van der Waals surface area contributed by atoms with E-state index in [1.807, 2.05) is 0 Å². The van der Waals surface area contributed by atoms with E-state index < -0.39 is 5.79 Å². The number of carbonyl (C=O) groups is 2. The molecule has 0 atom stereocenters. The third-order valence-corrected chi connectivity index (χ3v) is 5.29. The van der Waals surface area contributed by atoms with Gasteiger partial charge in [0, 0.05) is 58.2 Å². The van der Waals surface area contributed by atoms with Crippen LogP contribution >= 0.6 is 0 Å². The minimum absolute atomic E-state index is 0.116. The molecular formula is C17H23N5O4. The number of rotatable bonds is 3. The third kappa shape index (κ3) is 3.36. The van der Waals surface area contributed by atoms with Gasteiger partial charge in [-0.1, -0.05) is 0 Å². The van der Waals surface area contributed by atoms with Crippen LogP contribution < -0.4 is 4.90 Å². The summed E-state index contributed by atoms with van der Waals surface area (Å²) in [5.74, 6) is 0.207. The zero-order chi connectivity index (χ0) is 18.0. The van der Waals surface area contributed by atoms with Crippen molar-refractivity contribution in [2.75, 3.05) is 57.4 Å². The molecule has 4 rings (SSSR count). The maximum Gasteiger partial charge on any atom is 0.272 e. The fraction of sp³-hybridized carbons (Fsp3) is 0.647. The molecule has 4 heterocycles. The molecule has 0 aromatic carbocycles. The van der Waals surface area contributed by atoms with E-state index in [4.69, 9.17) is 9.47 Å². The van der Waals surface area contributed by atoms with Gasteiger partial charge in [0.1, 0.15) is 17.8 Å². The first-order valence-electron chi connectivity index (χ1n) is 9.03. The van der Waals surface area contributed by atoms with Gasteiger partial charge >= 0.3 is 0 Å². The average molecular weight is 361 g/mol. The number of piperazine rings is 1. The van der Waals surface area contributed by atoms with E-state index in [9.17, 15) is 9.59 Å². The Morgan fingerprint density at radius 3 is 2.38 bits per heavy atom. The van der Waals surface area contributed by atoms with Crippen LogP contribution in [0.2, 0.25) is 0 Å². The first-order valence-corrected chi connectivity index (χ1v) is 9.03. The molecule has 0 saturated carbocycles. The van der Waals surface area contributed by atoms with Gasteiger partial charge in [-0.3, -0.25) is 9.59 Å². The summed E-state index contributed by atoms with van der Waals surface area (Å²) in [6, 6.07) is 1.75. The summed E-state index contributed by atoms with van der Waals surface area (Å²) in [7, 11) is 0. The second-order valence-electron chi connectivity index (χ2n) is 6.79. The zero-order valence-corrected chi connectivity index (χ0v) is 14.7. The molecule has 2 amide bonds. The quantitative estimate of drug-likeness (QED) is 0.685. The molecule has 0 radical (unpaired) electrons. The van der Waals surface area contributed by atoms with E-state index in [2.05, 4.69) is 14.9 Å². The molecule has 9 heteroatoms. The van der Waals surface area contributed by atoms with Gasteiger partial charge in [0.05, 0.1) is 13.2 Å². The Morgan fingerprint density at radius 1 is 1.04 bits per heavy atom. The molecule has 3 aliphatic rings. The van der Waals surface area contributed by atoms with Crippen molar-refractivity contribution < 1.29 is 19.1 Å². The number of anilines is 1. The summed E-state index contributed by atoms with van der Waals surface area (Å²) in [4.78, 5) is 37.5. The van der Waals surface area contributed by atoms with Crippen molar-refractivity contribution in [3.8, 4) is 0 Å². The van der Waals surface area contributed by atoms with Crippen molar-refractivity contribution in [1.29, 1.82) is 0 Å². The van der Waals surface area contributed by atoms with Crippen LogP contribution in [0.1, 0.15) is 23.3 Å². The predicted molar refractivity (Wildman–Crippen MR) is 91.7 cm³/mol. The number of carbonyl (C=O) groups excluding carboxylic acids is 2. The van der Waals surface area contributed by atoms with Crippen LogP contribution in [0.25, 0.3) is 0 Å². The van der Waals surface area contributed by atoms with Gasteiger partial charge in [0.2, 0.25) is 6.41 Å². The van der Waals surface area contributed by atoms with E-state index in [-0.39, 0.29) is 5.91 Å². The number of amides is 2. The summed E-state index contributed by atoms with van der Waals surface area (Å²) in [6.07, 6.45) is 3.84. The van der Waals surface area contributed by atoms with Crippen molar-refractivity contribution in [3.63, 3.8) is 0 Å². The number of ether oxygens (including phenoxy) is 2. The topological polar surface area (TPSA) is 88.1 Å². The van der Waals surface area contributed by atoms with Crippen LogP contribution in [0.15, 0.2) is 12.4 Å². The molecule has 3 aliphatic heterocycles. The smallest absolute Gasteiger partial charge is 0.272 e. The van der Waals surface area contributed by atoms with Crippen LogP contribution in [-0.2, 0) is 14.3 Å². The fourth-order valence-corrected chi connectivity index (χ4v) is 3.69. The fourth-order valence-electron chi connectivity index (χ4n) is 3.69. The Hall–Kier alpha value is -2.26. The maximum atomic E-state index is 12.7. The minimum Gasteiger partial charge on any atom is -0.356 e. The summed E-state index contributed by atoms with van der Waals surface area (Å²) >= 11 is 0. The van der Waals surface area contributed by atoms with Gasteiger partial charge in [-0.25, -0.2) is 9.97 Å². The lowest BCUT2D eigenvalue weighted by atomic mass is 10.0. The SMILES string of the molecule is O=CN1CCN(C(=O)c2cc(N3CCC4(CC3)OCCO4)ncn2)CC1. The number of piperidine rings is 1. The summed E-state index contributed by atoms with van der Waals surface area (Å²) in [5, 5.41) is 0. The lowest BCUT2D eigenvalue weighted by Gasteiger charge is -2.38. The summed E-state index contributed by atoms with van der Waals surface area (Å²) in [6.45, 7) is 5.01. The molecule has 1 aromatic rings. The number of hydrogen-bond acceptors (Lipinski definition) is 7. The first kappa shape index (κ1) is 17.2. The Morgan fingerprint density at radius 2 is 1.73 bits per heavy atom. The molecule has 26 heavy (non-hydrogen) atoms. The largest absolute Gasteiger partial charge is 0.356 e. The van der Waals surface area contributed by atoms with Crippen LogP contribution in [-0.4, -0.2) is 90.4 Å². The highest BCUT2D eigenvalue weighted by molar-refractivity contribution is 5.93. The lowest BCUT2D eigenvalue weighted by molar-refractivity contribution is -0.169. The molecule has 0 unspecified atom stereocenters. The normalized spacial score (nSPS) is 22.7. The third-order valence-electron chi connectivity index (χ3n) is 5.29. The second-order valence-corrected chi connectivity index (χ2v) is 6.79. The molecule has 0 N–H and O–H groups in total. The summed E-state index contributed by atoms with van der Waals surface area (Å²) < 4.78 is 11.5. The monoisotopic (exact) mass is 361 g/mol. The van der Waals surface area contributed by atoms with Crippen LogP contribution in [0, 0.1) is 0 Å². The highest BCUT2D eigenvalue weighted by atomic mass is 16.7. The second kappa shape index (κ2) is 7.16. The van der Waals surface area contributed by atoms with Gasteiger partial charge in [-0.2, -0.15) is 0 Å².